The molecule has 4 heteroatoms. The van der Waals surface area contributed by atoms with Gasteiger partial charge in [-0.2, -0.15) is 0 Å². The smallest absolute Gasteiger partial charge is 0 e. The molecule has 3 radical (unpaired) electrons. The van der Waals surface area contributed by atoms with E-state index in [0.29, 0.717) is 0 Å². The predicted octanol–water partition coefficient (Wildman–Crippen LogP) is -0.0100. The third-order valence-electron chi connectivity index (χ3n) is 0. The first-order chi connectivity index (χ1) is 0. The summed E-state index contributed by atoms with van der Waals surface area (Å²) in [6.45, 7) is 0. The van der Waals surface area contributed by atoms with E-state index in [2.05, 4.69) is 0 Å². The normalized spacial score (nSPS) is 0. The van der Waals surface area contributed by atoms with Crippen molar-refractivity contribution in [2.75, 3.05) is 0 Å². The van der Waals surface area contributed by atoms with Gasteiger partial charge in [0.2, 0.25) is 0 Å². The minimum atomic E-state index is 0. The van der Waals surface area contributed by atoms with Crippen LogP contribution in [-0.4, -0.2) is 0 Å². The molecule has 0 fully saturated rings. The topological polar surface area (TPSA) is 0 Å². The molecule has 0 rings (SSSR count). The summed E-state index contributed by atoms with van der Waals surface area (Å²) in [6.07, 6.45) is 0. The van der Waals surface area contributed by atoms with Crippen LogP contribution in [0.2, 0.25) is 0 Å². The summed E-state index contributed by atoms with van der Waals surface area (Å²) in [4.78, 5) is 0. The molecule has 0 saturated carbocycles. The standard InChI is InChI=1S/Au.Fe.Ir.Re. The van der Waals surface area contributed by atoms with Crippen molar-refractivity contribution in [2.24, 2.45) is 0 Å². The van der Waals surface area contributed by atoms with Crippen molar-refractivity contribution in [2.45, 2.75) is 0 Å². The molecule has 0 aromatic carbocycles. The fraction of sp³-hybridized carbons (Fsp3) is 0. The average Bonchev–Trinajstić information content (AvgIpc) is 0. The molecular weight excluding hydrogens is 631 g/mol. The minimum Gasteiger partial charge on any atom is 0 e. The Kier molecular flexibility index (Phi) is 136. The second kappa shape index (κ2) is 17.6. The fourth-order valence-electron chi connectivity index (χ4n) is 0. The molecule has 0 heterocycles. The molecule has 0 unspecified atom stereocenters. The van der Waals surface area contributed by atoms with Crippen LogP contribution in [0.25, 0.3) is 0 Å². The zero-order chi connectivity index (χ0) is 0. The van der Waals surface area contributed by atoms with Gasteiger partial charge in [-0.25, -0.2) is 0 Å². The van der Waals surface area contributed by atoms with E-state index in [1.165, 1.54) is 0 Å². The van der Waals surface area contributed by atoms with Crippen LogP contribution in [0.4, 0.5) is 0 Å². The molecule has 0 aromatic heterocycles. The van der Waals surface area contributed by atoms with Crippen LogP contribution in [0.1, 0.15) is 0 Å². The van der Waals surface area contributed by atoms with Crippen molar-refractivity contribution in [3.05, 3.63) is 0 Å². The summed E-state index contributed by atoms with van der Waals surface area (Å²) >= 11 is 0. The van der Waals surface area contributed by atoms with Gasteiger partial charge in [0.25, 0.3) is 0 Å². The van der Waals surface area contributed by atoms with Gasteiger partial charge in [0, 0.05) is 80.0 Å². The van der Waals surface area contributed by atoms with Crippen LogP contribution < -0.4 is 0 Å². The van der Waals surface area contributed by atoms with Crippen molar-refractivity contribution in [3.63, 3.8) is 0 Å². The Balaban J connectivity index is 0. The van der Waals surface area contributed by atoms with Gasteiger partial charge in [-0.1, -0.05) is 0 Å². The molecule has 0 N–H and O–H groups in total. The third-order valence-corrected chi connectivity index (χ3v) is 0. The first kappa shape index (κ1) is 30.8. The summed E-state index contributed by atoms with van der Waals surface area (Å²) in [7, 11) is 0. The molecule has 4 heavy (non-hydrogen) atoms. The van der Waals surface area contributed by atoms with E-state index in [0.717, 1.165) is 0 Å². The van der Waals surface area contributed by atoms with E-state index < -0.39 is 0 Å². The summed E-state index contributed by atoms with van der Waals surface area (Å²) in [5.41, 5.74) is 0. The largest absolute Gasteiger partial charge is 0 e. The first-order valence-electron chi connectivity index (χ1n) is 0. The van der Waals surface area contributed by atoms with E-state index in [1.807, 2.05) is 0 Å². The third kappa shape index (κ3) is 8.82. The molecule has 0 amide bonds. The molecule has 0 nitrogen and oxygen atoms in total. The zero-order valence-corrected chi connectivity index (χ0v) is 9.75. The van der Waals surface area contributed by atoms with Crippen molar-refractivity contribution in [1.82, 2.24) is 0 Å². The van der Waals surface area contributed by atoms with Gasteiger partial charge in [0.1, 0.15) is 0 Å². The molecule has 35 valence electrons. The molecule has 0 aliphatic heterocycles. The first-order valence-corrected chi connectivity index (χ1v) is 0. The number of hydrogen-bond acceptors (Lipinski definition) is 0. The molecule has 0 aliphatic carbocycles. The van der Waals surface area contributed by atoms with Gasteiger partial charge in [0.05, 0.1) is 0 Å². The Morgan fingerprint density at radius 3 is 1.00 bits per heavy atom. The van der Waals surface area contributed by atoms with Crippen LogP contribution >= 0.6 is 0 Å². The van der Waals surface area contributed by atoms with Crippen LogP contribution in [0.15, 0.2) is 0 Å². The Labute approximate surface area is 78.9 Å². The molecule has 0 aromatic rings. The predicted molar refractivity (Wildman–Crippen MR) is 0 cm³/mol. The van der Waals surface area contributed by atoms with Crippen LogP contribution in [0, 0.1) is 0 Å². The van der Waals surface area contributed by atoms with E-state index in [4.69, 9.17) is 0 Å². The second-order valence-electron chi connectivity index (χ2n) is 0. The van der Waals surface area contributed by atoms with Crippen molar-refractivity contribution >= 4 is 0 Å². The Morgan fingerprint density at radius 2 is 1.00 bits per heavy atom. The van der Waals surface area contributed by atoms with E-state index >= 15 is 0 Å². The second-order valence-corrected chi connectivity index (χ2v) is 0. The maximum absolute atomic E-state index is 0. The van der Waals surface area contributed by atoms with Crippen molar-refractivity contribution in [1.29, 1.82) is 0 Å². The fourth-order valence-corrected chi connectivity index (χ4v) is 0. The van der Waals surface area contributed by atoms with E-state index in [1.54, 1.807) is 0 Å². The Morgan fingerprint density at radius 1 is 1.00 bits per heavy atom. The van der Waals surface area contributed by atoms with Gasteiger partial charge in [-0.15, -0.1) is 0 Å². The maximum Gasteiger partial charge on any atom is 0 e. The molecular formula is AuFeIrRe. The summed E-state index contributed by atoms with van der Waals surface area (Å²) < 4.78 is 0. The Bertz CT molecular complexity index is 8.00. The van der Waals surface area contributed by atoms with Gasteiger partial charge >= 0.3 is 0 Å². The molecule has 0 atom stereocenters. The summed E-state index contributed by atoms with van der Waals surface area (Å²) in [5, 5.41) is 0. The van der Waals surface area contributed by atoms with Crippen molar-refractivity contribution < 1.29 is 80.0 Å². The van der Waals surface area contributed by atoms with Crippen molar-refractivity contribution in [3.8, 4) is 0 Å². The Hall–Kier alpha value is 2.57. The van der Waals surface area contributed by atoms with Gasteiger partial charge in [-0.3, -0.25) is 0 Å². The summed E-state index contributed by atoms with van der Waals surface area (Å²) in [5.74, 6) is 0. The van der Waals surface area contributed by atoms with Gasteiger partial charge in [0.15, 0.2) is 0 Å². The van der Waals surface area contributed by atoms with E-state index in [-0.39, 0.29) is 80.0 Å². The quantitative estimate of drug-likeness (QED) is 0.331. The zero-order valence-electron chi connectivity index (χ0n) is 1.37. The molecule has 0 bridgehead atoms. The van der Waals surface area contributed by atoms with Gasteiger partial charge in [-0.05, 0) is 0 Å². The molecule has 0 saturated heterocycles. The van der Waals surface area contributed by atoms with E-state index in [9.17, 15) is 0 Å². The molecule has 0 spiro atoms. The minimum absolute atomic E-state index is 0. The molecule has 0 aliphatic rings. The SMILES string of the molecule is [Au].[Fe].[Ir].[Re]. The van der Waals surface area contributed by atoms with Crippen LogP contribution in [0.5, 0.6) is 0 Å². The van der Waals surface area contributed by atoms with Crippen LogP contribution in [0.3, 0.4) is 0 Å². The average molecular weight is 631 g/mol. The van der Waals surface area contributed by atoms with Crippen LogP contribution in [-0.2, 0) is 80.0 Å². The van der Waals surface area contributed by atoms with Gasteiger partial charge < -0.3 is 0 Å². The maximum atomic E-state index is 0. The monoisotopic (exact) mass is 633 g/mol. The number of rotatable bonds is 0. The number of hydrogen-bond donors (Lipinski definition) is 0. The summed E-state index contributed by atoms with van der Waals surface area (Å²) in [6, 6.07) is 0.